The molecule has 80 valence electrons. The number of anilines is 1. The molecular weight excluding hydrogens is 258 g/mol. The van der Waals surface area contributed by atoms with E-state index in [2.05, 4.69) is 39.3 Å². The smallest absolute Gasteiger partial charge is 0.310 e. The van der Waals surface area contributed by atoms with E-state index in [0.717, 1.165) is 28.4 Å². The van der Waals surface area contributed by atoms with Gasteiger partial charge in [-0.15, -0.1) is 0 Å². The number of hydrazine groups is 1. The number of aryl methyl sites for hydroxylation is 1. The molecule has 0 aliphatic rings. The van der Waals surface area contributed by atoms with Gasteiger partial charge in [-0.2, -0.15) is 4.98 Å². The van der Waals surface area contributed by atoms with Crippen LogP contribution in [-0.2, 0) is 6.42 Å². The number of nitrogen functional groups attached to an aromatic ring is 1. The lowest BCUT2D eigenvalue weighted by atomic mass is 10.1. The standard InChI is InChI=1S/C10H12BrN3O/c1-2-3-6-4-7(11)9-8(5-6)13-10(14-12)15-9/h4-5H,2-3,12H2,1H3,(H,13,14). The number of hydrogen-bond acceptors (Lipinski definition) is 4. The predicted molar refractivity (Wildman–Crippen MR) is 63.5 cm³/mol. The van der Waals surface area contributed by atoms with E-state index in [4.69, 9.17) is 10.3 Å². The minimum Gasteiger partial charge on any atom is -0.421 e. The average molecular weight is 270 g/mol. The zero-order valence-electron chi connectivity index (χ0n) is 8.38. The summed E-state index contributed by atoms with van der Waals surface area (Å²) in [6.45, 7) is 2.15. The second-order valence-corrected chi connectivity index (χ2v) is 4.19. The Kier molecular flexibility index (Phi) is 2.93. The predicted octanol–water partition coefficient (Wildman–Crippen LogP) is 2.83. The lowest BCUT2D eigenvalue weighted by molar-refractivity contribution is 0.615. The van der Waals surface area contributed by atoms with Gasteiger partial charge in [0.05, 0.1) is 4.47 Å². The first kappa shape index (κ1) is 10.4. The van der Waals surface area contributed by atoms with Gasteiger partial charge >= 0.3 is 6.01 Å². The second kappa shape index (κ2) is 4.20. The summed E-state index contributed by atoms with van der Waals surface area (Å²) in [6.07, 6.45) is 2.14. The van der Waals surface area contributed by atoms with Crippen molar-refractivity contribution in [2.24, 2.45) is 5.84 Å². The molecule has 4 nitrogen and oxygen atoms in total. The number of nitrogens with zero attached hydrogens (tertiary/aromatic N) is 1. The van der Waals surface area contributed by atoms with Gasteiger partial charge in [0.15, 0.2) is 5.58 Å². The maximum Gasteiger partial charge on any atom is 0.310 e. The van der Waals surface area contributed by atoms with Gasteiger partial charge in [-0.1, -0.05) is 13.3 Å². The van der Waals surface area contributed by atoms with Crippen LogP contribution in [-0.4, -0.2) is 4.98 Å². The first-order chi connectivity index (χ1) is 7.24. The van der Waals surface area contributed by atoms with Crippen molar-refractivity contribution in [3.05, 3.63) is 22.2 Å². The normalized spacial score (nSPS) is 10.9. The first-order valence-electron chi connectivity index (χ1n) is 4.80. The lowest BCUT2D eigenvalue weighted by Gasteiger charge is -1.99. The molecule has 0 aliphatic heterocycles. The second-order valence-electron chi connectivity index (χ2n) is 3.34. The van der Waals surface area contributed by atoms with Gasteiger partial charge in [-0.25, -0.2) is 5.84 Å². The molecule has 1 heterocycles. The van der Waals surface area contributed by atoms with Crippen LogP contribution in [0.3, 0.4) is 0 Å². The van der Waals surface area contributed by atoms with Gasteiger partial charge in [-0.3, -0.25) is 5.43 Å². The molecular formula is C10H12BrN3O. The van der Waals surface area contributed by atoms with Crippen LogP contribution in [0.4, 0.5) is 6.01 Å². The van der Waals surface area contributed by atoms with Crippen molar-refractivity contribution in [1.82, 2.24) is 4.98 Å². The van der Waals surface area contributed by atoms with E-state index in [0.29, 0.717) is 6.01 Å². The van der Waals surface area contributed by atoms with E-state index in [1.165, 1.54) is 5.56 Å². The maximum atomic E-state index is 5.39. The molecule has 0 unspecified atom stereocenters. The van der Waals surface area contributed by atoms with Gasteiger partial charge in [0.1, 0.15) is 5.52 Å². The maximum absolute atomic E-state index is 5.39. The molecule has 1 aromatic carbocycles. The number of nitrogens with one attached hydrogen (secondary N) is 1. The quantitative estimate of drug-likeness (QED) is 0.665. The van der Waals surface area contributed by atoms with Crippen LogP contribution < -0.4 is 11.3 Å². The van der Waals surface area contributed by atoms with Crippen LogP contribution in [0.25, 0.3) is 11.1 Å². The summed E-state index contributed by atoms with van der Waals surface area (Å²) >= 11 is 3.46. The Morgan fingerprint density at radius 3 is 3.00 bits per heavy atom. The van der Waals surface area contributed by atoms with E-state index in [9.17, 15) is 0 Å². The largest absolute Gasteiger partial charge is 0.421 e. The fraction of sp³-hybridized carbons (Fsp3) is 0.300. The lowest BCUT2D eigenvalue weighted by Crippen LogP contribution is -2.06. The number of nitrogens with two attached hydrogens (primary N) is 1. The van der Waals surface area contributed by atoms with E-state index in [1.54, 1.807) is 0 Å². The Hall–Kier alpha value is -1.07. The zero-order valence-corrected chi connectivity index (χ0v) is 9.97. The summed E-state index contributed by atoms with van der Waals surface area (Å²) < 4.78 is 6.30. The van der Waals surface area contributed by atoms with Crippen LogP contribution >= 0.6 is 15.9 Å². The van der Waals surface area contributed by atoms with Gasteiger partial charge in [0, 0.05) is 0 Å². The van der Waals surface area contributed by atoms with Crippen molar-refractivity contribution in [3.8, 4) is 0 Å². The molecule has 3 N–H and O–H groups in total. The van der Waals surface area contributed by atoms with E-state index in [1.807, 2.05) is 6.07 Å². The summed E-state index contributed by atoms with van der Waals surface area (Å²) in [4.78, 5) is 4.20. The average Bonchev–Trinajstić information content (AvgIpc) is 2.62. The molecule has 15 heavy (non-hydrogen) atoms. The van der Waals surface area contributed by atoms with Crippen molar-refractivity contribution in [3.63, 3.8) is 0 Å². The van der Waals surface area contributed by atoms with Crippen molar-refractivity contribution >= 4 is 33.0 Å². The third-order valence-electron chi connectivity index (χ3n) is 2.17. The third kappa shape index (κ3) is 1.98. The molecule has 2 rings (SSSR count). The van der Waals surface area contributed by atoms with Crippen LogP contribution in [0.1, 0.15) is 18.9 Å². The molecule has 2 aromatic rings. The van der Waals surface area contributed by atoms with Crippen LogP contribution in [0.5, 0.6) is 0 Å². The minimum absolute atomic E-state index is 0.333. The van der Waals surface area contributed by atoms with E-state index >= 15 is 0 Å². The monoisotopic (exact) mass is 269 g/mol. The molecule has 1 aromatic heterocycles. The molecule has 5 heteroatoms. The van der Waals surface area contributed by atoms with Crippen molar-refractivity contribution in [2.75, 3.05) is 5.43 Å². The summed E-state index contributed by atoms with van der Waals surface area (Å²) in [5.41, 5.74) is 5.19. The third-order valence-corrected chi connectivity index (χ3v) is 2.76. The van der Waals surface area contributed by atoms with E-state index < -0.39 is 0 Å². The summed E-state index contributed by atoms with van der Waals surface area (Å²) in [5.74, 6) is 5.24. The van der Waals surface area contributed by atoms with Crippen molar-refractivity contribution < 1.29 is 4.42 Å². The number of fused-ring (bicyclic) bond motifs is 1. The SMILES string of the molecule is CCCc1cc(Br)c2oc(NN)nc2c1. The Morgan fingerprint density at radius 1 is 1.53 bits per heavy atom. The molecule has 0 amide bonds. The zero-order chi connectivity index (χ0) is 10.8. The highest BCUT2D eigenvalue weighted by molar-refractivity contribution is 9.10. The highest BCUT2D eigenvalue weighted by atomic mass is 79.9. The summed E-state index contributed by atoms with van der Waals surface area (Å²) in [5, 5.41) is 0. The van der Waals surface area contributed by atoms with Gasteiger partial charge in [-0.05, 0) is 40.0 Å². The Balaban J connectivity index is 2.54. The fourth-order valence-electron chi connectivity index (χ4n) is 1.54. The minimum atomic E-state index is 0.333. The number of aromatic nitrogens is 1. The number of oxazole rings is 1. The Bertz CT molecular complexity index is 481. The molecule has 0 saturated carbocycles. The van der Waals surface area contributed by atoms with Crippen molar-refractivity contribution in [1.29, 1.82) is 0 Å². The number of hydrogen-bond donors (Lipinski definition) is 2. The van der Waals surface area contributed by atoms with Crippen molar-refractivity contribution in [2.45, 2.75) is 19.8 Å². The topological polar surface area (TPSA) is 64.1 Å². The molecule has 0 fully saturated rings. The molecule has 0 spiro atoms. The van der Waals surface area contributed by atoms with Gasteiger partial charge in [0.2, 0.25) is 0 Å². The van der Waals surface area contributed by atoms with Gasteiger partial charge in [0.25, 0.3) is 0 Å². The highest BCUT2D eigenvalue weighted by Gasteiger charge is 2.09. The first-order valence-corrected chi connectivity index (χ1v) is 5.59. The number of benzene rings is 1. The Labute approximate surface area is 95.9 Å². The Morgan fingerprint density at radius 2 is 2.33 bits per heavy atom. The highest BCUT2D eigenvalue weighted by Crippen LogP contribution is 2.28. The number of halogens is 1. The number of rotatable bonds is 3. The summed E-state index contributed by atoms with van der Waals surface area (Å²) in [6, 6.07) is 4.41. The van der Waals surface area contributed by atoms with Gasteiger partial charge < -0.3 is 4.42 Å². The summed E-state index contributed by atoms with van der Waals surface area (Å²) in [7, 11) is 0. The van der Waals surface area contributed by atoms with Crippen LogP contribution in [0.15, 0.2) is 21.0 Å². The molecule has 0 saturated heterocycles. The van der Waals surface area contributed by atoms with E-state index in [-0.39, 0.29) is 0 Å². The van der Waals surface area contributed by atoms with Crippen LogP contribution in [0.2, 0.25) is 0 Å². The van der Waals surface area contributed by atoms with Crippen LogP contribution in [0, 0.1) is 0 Å². The fourth-order valence-corrected chi connectivity index (χ4v) is 2.12. The molecule has 0 atom stereocenters. The molecule has 0 aliphatic carbocycles. The molecule has 0 radical (unpaired) electrons. The molecule has 0 bridgehead atoms.